The second kappa shape index (κ2) is 9.61. The lowest BCUT2D eigenvalue weighted by atomic mass is 9.99. The molecule has 3 N–H and O–H groups in total. The molecule has 0 aromatic heterocycles. The molecule has 0 aliphatic heterocycles. The molecule has 112 valence electrons. The number of methoxy groups -OCH3 is 1. The summed E-state index contributed by atoms with van der Waals surface area (Å²) in [5.74, 6) is -0.853. The Bertz CT molecular complexity index is 280. The molecule has 2 amide bonds. The van der Waals surface area contributed by atoms with Crippen LogP contribution in [0.3, 0.4) is 0 Å². The van der Waals surface area contributed by atoms with Gasteiger partial charge >= 0.3 is 12.0 Å². The van der Waals surface area contributed by atoms with Crippen LogP contribution in [0.4, 0.5) is 4.79 Å². The first kappa shape index (κ1) is 17.7. The van der Waals surface area contributed by atoms with Crippen molar-refractivity contribution in [3.8, 4) is 0 Å². The van der Waals surface area contributed by atoms with Crippen molar-refractivity contribution in [3.63, 3.8) is 0 Å². The number of amides is 2. The molecule has 0 unspecified atom stereocenters. The number of nitrogens with one attached hydrogen (secondary N) is 2. The smallest absolute Gasteiger partial charge is 0.315 e. The van der Waals surface area contributed by atoms with Gasteiger partial charge in [-0.05, 0) is 39.5 Å². The lowest BCUT2D eigenvalue weighted by Crippen LogP contribution is -2.48. The zero-order valence-corrected chi connectivity index (χ0v) is 12.1. The number of aliphatic carboxylic acids is 1. The van der Waals surface area contributed by atoms with E-state index in [-0.39, 0.29) is 12.5 Å². The van der Waals surface area contributed by atoms with Crippen molar-refractivity contribution in [3.05, 3.63) is 0 Å². The number of carboxylic acid groups (broad SMARTS) is 1. The van der Waals surface area contributed by atoms with Gasteiger partial charge in [-0.2, -0.15) is 0 Å². The fraction of sp³-hybridized carbons (Fsp3) is 0.846. The van der Waals surface area contributed by atoms with Crippen LogP contribution in [0.15, 0.2) is 0 Å². The van der Waals surface area contributed by atoms with E-state index in [0.717, 1.165) is 25.9 Å². The van der Waals surface area contributed by atoms with Crippen LogP contribution in [0.1, 0.15) is 46.0 Å². The molecule has 0 fully saturated rings. The van der Waals surface area contributed by atoms with Crippen LogP contribution >= 0.6 is 0 Å². The van der Waals surface area contributed by atoms with Gasteiger partial charge in [0.15, 0.2) is 0 Å². The maximum absolute atomic E-state index is 11.6. The maximum atomic E-state index is 11.6. The molecular weight excluding hydrogens is 248 g/mol. The molecule has 0 saturated carbocycles. The highest BCUT2D eigenvalue weighted by Crippen LogP contribution is 2.10. The summed E-state index contributed by atoms with van der Waals surface area (Å²) in [7, 11) is 1.67. The predicted molar refractivity (Wildman–Crippen MR) is 73.2 cm³/mol. The van der Waals surface area contributed by atoms with Crippen molar-refractivity contribution in [2.24, 2.45) is 0 Å². The molecule has 0 spiro atoms. The molecule has 0 rings (SSSR count). The molecule has 0 bridgehead atoms. The third-order valence-corrected chi connectivity index (χ3v) is 2.73. The van der Waals surface area contributed by atoms with E-state index in [0.29, 0.717) is 13.0 Å². The molecule has 0 atom stereocenters. The summed E-state index contributed by atoms with van der Waals surface area (Å²) in [6, 6.07) is -0.248. The molecule has 0 saturated heterocycles. The minimum absolute atomic E-state index is 0.0459. The first-order chi connectivity index (χ1) is 8.87. The summed E-state index contributed by atoms with van der Waals surface area (Å²) in [6.07, 6.45) is 3.36. The summed E-state index contributed by atoms with van der Waals surface area (Å²) in [5, 5.41) is 14.2. The van der Waals surface area contributed by atoms with Crippen LogP contribution in [0.2, 0.25) is 0 Å². The number of hydrogen-bond donors (Lipinski definition) is 3. The molecule has 6 nitrogen and oxygen atoms in total. The SMILES string of the molecule is COCCCCCNC(=O)NC(C)(C)CCC(=O)O. The van der Waals surface area contributed by atoms with Gasteiger partial charge in [0.1, 0.15) is 0 Å². The number of unbranched alkanes of at least 4 members (excludes halogenated alkanes) is 2. The number of carboxylic acids is 1. The van der Waals surface area contributed by atoms with Crippen molar-refractivity contribution >= 4 is 12.0 Å². The van der Waals surface area contributed by atoms with E-state index >= 15 is 0 Å². The zero-order valence-electron chi connectivity index (χ0n) is 12.1. The van der Waals surface area contributed by atoms with E-state index in [2.05, 4.69) is 10.6 Å². The Hall–Kier alpha value is -1.30. The van der Waals surface area contributed by atoms with Crippen LogP contribution in [0, 0.1) is 0 Å². The third-order valence-electron chi connectivity index (χ3n) is 2.73. The van der Waals surface area contributed by atoms with Gasteiger partial charge in [-0.1, -0.05) is 0 Å². The van der Waals surface area contributed by atoms with Gasteiger partial charge in [-0.15, -0.1) is 0 Å². The third kappa shape index (κ3) is 11.5. The topological polar surface area (TPSA) is 87.7 Å². The van der Waals surface area contributed by atoms with Gasteiger partial charge in [-0.25, -0.2) is 4.79 Å². The Labute approximate surface area is 114 Å². The molecule has 0 aromatic rings. The standard InChI is InChI=1S/C13H26N2O4/c1-13(2,8-7-11(16)17)15-12(18)14-9-5-4-6-10-19-3/h4-10H2,1-3H3,(H,16,17)(H2,14,15,18). The Morgan fingerprint density at radius 3 is 2.47 bits per heavy atom. The van der Waals surface area contributed by atoms with Crippen molar-refractivity contribution < 1.29 is 19.4 Å². The lowest BCUT2D eigenvalue weighted by Gasteiger charge is -2.25. The number of rotatable bonds is 10. The summed E-state index contributed by atoms with van der Waals surface area (Å²) in [5.41, 5.74) is -0.515. The summed E-state index contributed by atoms with van der Waals surface area (Å²) in [4.78, 5) is 22.1. The van der Waals surface area contributed by atoms with E-state index in [1.807, 2.05) is 13.8 Å². The Morgan fingerprint density at radius 2 is 1.89 bits per heavy atom. The van der Waals surface area contributed by atoms with Gasteiger partial charge < -0.3 is 20.5 Å². The lowest BCUT2D eigenvalue weighted by molar-refractivity contribution is -0.137. The van der Waals surface area contributed by atoms with E-state index < -0.39 is 11.5 Å². The van der Waals surface area contributed by atoms with Gasteiger partial charge in [0.05, 0.1) is 0 Å². The van der Waals surface area contributed by atoms with E-state index in [1.165, 1.54) is 0 Å². The van der Waals surface area contributed by atoms with E-state index in [9.17, 15) is 9.59 Å². The first-order valence-corrected chi connectivity index (χ1v) is 6.64. The summed E-state index contributed by atoms with van der Waals surface area (Å²) >= 11 is 0. The second-order valence-electron chi connectivity index (χ2n) is 5.21. The highest BCUT2D eigenvalue weighted by Gasteiger charge is 2.21. The number of urea groups is 1. The van der Waals surface area contributed by atoms with Crippen LogP contribution in [-0.2, 0) is 9.53 Å². The van der Waals surface area contributed by atoms with Gasteiger partial charge in [0, 0.05) is 32.2 Å². The fourth-order valence-corrected chi connectivity index (χ4v) is 1.58. The van der Waals surface area contributed by atoms with Gasteiger partial charge in [0.2, 0.25) is 0 Å². The summed E-state index contributed by atoms with van der Waals surface area (Å²) < 4.78 is 4.93. The van der Waals surface area contributed by atoms with Gasteiger partial charge in [0.25, 0.3) is 0 Å². The molecule has 0 aliphatic rings. The maximum Gasteiger partial charge on any atom is 0.315 e. The predicted octanol–water partition coefficient (Wildman–Crippen LogP) is 1.75. The minimum Gasteiger partial charge on any atom is -0.481 e. The molecule has 6 heteroatoms. The van der Waals surface area contributed by atoms with Gasteiger partial charge in [-0.3, -0.25) is 4.79 Å². The van der Waals surface area contributed by atoms with Crippen molar-refractivity contribution in [2.45, 2.75) is 51.5 Å². The van der Waals surface area contributed by atoms with Crippen LogP contribution in [-0.4, -0.2) is 42.9 Å². The first-order valence-electron chi connectivity index (χ1n) is 6.64. The highest BCUT2D eigenvalue weighted by atomic mass is 16.5. The normalized spacial score (nSPS) is 11.1. The summed E-state index contributed by atoms with van der Waals surface area (Å²) in [6.45, 7) is 4.99. The highest BCUT2D eigenvalue weighted by molar-refractivity contribution is 5.74. The van der Waals surface area contributed by atoms with Crippen molar-refractivity contribution in [1.29, 1.82) is 0 Å². The van der Waals surface area contributed by atoms with Crippen LogP contribution in [0.5, 0.6) is 0 Å². The molecular formula is C13H26N2O4. The largest absolute Gasteiger partial charge is 0.481 e. The zero-order chi connectivity index (χ0) is 14.7. The quantitative estimate of drug-likeness (QED) is 0.530. The Balaban J connectivity index is 3.69. The monoisotopic (exact) mass is 274 g/mol. The average molecular weight is 274 g/mol. The van der Waals surface area contributed by atoms with E-state index in [4.69, 9.17) is 9.84 Å². The molecule has 19 heavy (non-hydrogen) atoms. The fourth-order valence-electron chi connectivity index (χ4n) is 1.58. The van der Waals surface area contributed by atoms with Crippen molar-refractivity contribution in [1.82, 2.24) is 10.6 Å². The van der Waals surface area contributed by atoms with Crippen LogP contribution in [0.25, 0.3) is 0 Å². The number of carbonyl (C=O) groups excluding carboxylic acids is 1. The Morgan fingerprint density at radius 1 is 1.21 bits per heavy atom. The van der Waals surface area contributed by atoms with Crippen LogP contribution < -0.4 is 10.6 Å². The van der Waals surface area contributed by atoms with E-state index in [1.54, 1.807) is 7.11 Å². The number of ether oxygens (including phenoxy) is 1. The number of hydrogen-bond acceptors (Lipinski definition) is 3. The Kier molecular flexibility index (Phi) is 8.95. The van der Waals surface area contributed by atoms with Crippen molar-refractivity contribution in [2.75, 3.05) is 20.3 Å². The number of carbonyl (C=O) groups is 2. The molecule has 0 aromatic carbocycles. The molecule has 0 aliphatic carbocycles. The minimum atomic E-state index is -0.853. The second-order valence-corrected chi connectivity index (χ2v) is 5.21. The molecule has 0 radical (unpaired) electrons. The average Bonchev–Trinajstić information content (AvgIpc) is 2.31. The molecule has 0 heterocycles.